The highest BCUT2D eigenvalue weighted by Gasteiger charge is 2.23. The monoisotopic (exact) mass is 234 g/mol. The van der Waals surface area contributed by atoms with Crippen molar-refractivity contribution in [2.24, 2.45) is 0 Å². The smallest absolute Gasteiger partial charge is 0.0323 e. The highest BCUT2D eigenvalue weighted by Crippen LogP contribution is 2.22. The van der Waals surface area contributed by atoms with Crippen LogP contribution in [0.5, 0.6) is 0 Å². The fourth-order valence-corrected chi connectivity index (χ4v) is 2.36. The second-order valence-corrected chi connectivity index (χ2v) is 4.38. The number of nitrogens with zero attached hydrogens (tertiary/aromatic N) is 1. The molecule has 0 bridgehead atoms. The van der Waals surface area contributed by atoms with Crippen molar-refractivity contribution in [3.63, 3.8) is 0 Å². The molecule has 1 aliphatic heterocycles. The molecule has 1 aliphatic rings. The van der Waals surface area contributed by atoms with E-state index in [0.717, 1.165) is 19.6 Å². The van der Waals surface area contributed by atoms with E-state index in [0.29, 0.717) is 12.1 Å². The van der Waals surface area contributed by atoms with Crippen molar-refractivity contribution in [2.75, 3.05) is 19.6 Å². The lowest BCUT2D eigenvalue weighted by molar-refractivity contribution is 0.126. The van der Waals surface area contributed by atoms with Gasteiger partial charge in [0.2, 0.25) is 0 Å². The Labute approximate surface area is 106 Å². The predicted octanol–water partition coefficient (Wildman–Crippen LogP) is 3.07. The second-order valence-electron chi connectivity index (χ2n) is 4.38. The van der Waals surface area contributed by atoms with Gasteiger partial charge in [0.1, 0.15) is 0 Å². The van der Waals surface area contributed by atoms with E-state index < -0.39 is 0 Å². The minimum absolute atomic E-state index is 0.531. The van der Waals surface area contributed by atoms with Crippen LogP contribution in [0.15, 0.2) is 30.3 Å². The highest BCUT2D eigenvalue weighted by molar-refractivity contribution is 5.18. The quantitative estimate of drug-likeness (QED) is 0.846. The van der Waals surface area contributed by atoms with E-state index in [9.17, 15) is 0 Å². The molecule has 2 atom stereocenters. The lowest BCUT2D eigenvalue weighted by Crippen LogP contribution is -2.50. The Morgan fingerprint density at radius 2 is 1.88 bits per heavy atom. The van der Waals surface area contributed by atoms with Crippen LogP contribution in [0.4, 0.5) is 0 Å². The summed E-state index contributed by atoms with van der Waals surface area (Å²) >= 11 is 0. The summed E-state index contributed by atoms with van der Waals surface area (Å²) in [5, 5.41) is 3.43. The molecule has 2 nitrogen and oxygen atoms in total. The van der Waals surface area contributed by atoms with Crippen molar-refractivity contribution in [1.82, 2.24) is 10.2 Å². The number of nitrogens with one attached hydrogen (secondary N) is 1. The van der Waals surface area contributed by atoms with Gasteiger partial charge in [0, 0.05) is 31.7 Å². The summed E-state index contributed by atoms with van der Waals surface area (Å²) in [5.41, 5.74) is 1.42. The molecule has 1 fully saturated rings. The van der Waals surface area contributed by atoms with E-state index in [-0.39, 0.29) is 0 Å². The van der Waals surface area contributed by atoms with Gasteiger partial charge < -0.3 is 5.32 Å². The molecule has 1 saturated heterocycles. The normalized spacial score (nSPS) is 22.5. The Morgan fingerprint density at radius 3 is 2.47 bits per heavy atom. The van der Waals surface area contributed by atoms with E-state index in [4.69, 9.17) is 0 Å². The summed E-state index contributed by atoms with van der Waals surface area (Å²) in [4.78, 5) is 2.58. The van der Waals surface area contributed by atoms with Crippen LogP contribution in [0.1, 0.15) is 39.3 Å². The largest absolute Gasteiger partial charge is 0.314 e. The molecule has 1 aromatic rings. The highest BCUT2D eigenvalue weighted by atomic mass is 15.2. The van der Waals surface area contributed by atoms with Gasteiger partial charge in [-0.25, -0.2) is 0 Å². The van der Waals surface area contributed by atoms with Gasteiger partial charge >= 0.3 is 0 Å². The molecular weight excluding hydrogens is 208 g/mol. The lowest BCUT2D eigenvalue weighted by Gasteiger charge is -2.38. The zero-order chi connectivity index (χ0) is 12.7. The first-order chi connectivity index (χ1) is 8.29. The van der Waals surface area contributed by atoms with Crippen molar-refractivity contribution < 1.29 is 0 Å². The van der Waals surface area contributed by atoms with E-state index in [1.165, 1.54) is 5.56 Å². The Morgan fingerprint density at radius 1 is 1.24 bits per heavy atom. The van der Waals surface area contributed by atoms with Crippen LogP contribution in [-0.2, 0) is 0 Å². The van der Waals surface area contributed by atoms with Crippen molar-refractivity contribution in [3.8, 4) is 0 Å². The van der Waals surface area contributed by atoms with Crippen LogP contribution < -0.4 is 5.32 Å². The maximum atomic E-state index is 3.43. The molecule has 0 aromatic heterocycles. The fourth-order valence-electron chi connectivity index (χ4n) is 2.36. The molecule has 1 aromatic carbocycles. The second kappa shape index (κ2) is 7.46. The fraction of sp³-hybridized carbons (Fsp3) is 0.600. The molecule has 0 saturated carbocycles. The van der Waals surface area contributed by atoms with Gasteiger partial charge in [-0.3, -0.25) is 4.90 Å². The van der Waals surface area contributed by atoms with Crippen molar-refractivity contribution in [2.45, 2.75) is 39.8 Å². The van der Waals surface area contributed by atoms with Gasteiger partial charge in [-0.15, -0.1) is 0 Å². The number of hydrogen-bond acceptors (Lipinski definition) is 2. The molecule has 2 rings (SSSR count). The molecule has 0 amide bonds. The Balaban J connectivity index is 0.000000686. The standard InChI is InChI=1S/C13H20N2.C2H6/c1-11-10-14-8-9-15(11)12(2)13-6-4-3-5-7-13;1-2/h3-7,11-12,14H,8-10H2,1-2H3;1-2H3/t11-,12-;/m0./s1. The first kappa shape index (κ1) is 14.2. The minimum atomic E-state index is 0.531. The van der Waals surface area contributed by atoms with E-state index >= 15 is 0 Å². The molecule has 1 heterocycles. The van der Waals surface area contributed by atoms with Gasteiger partial charge in [-0.2, -0.15) is 0 Å². The molecule has 0 aliphatic carbocycles. The van der Waals surface area contributed by atoms with Crippen LogP contribution >= 0.6 is 0 Å². The van der Waals surface area contributed by atoms with Crippen molar-refractivity contribution >= 4 is 0 Å². The SMILES string of the molecule is CC.C[C@H]1CNCCN1[C@@H](C)c1ccccc1. The topological polar surface area (TPSA) is 15.3 Å². The van der Waals surface area contributed by atoms with Crippen LogP contribution in [0.3, 0.4) is 0 Å². The Bertz CT molecular complexity index is 297. The summed E-state index contributed by atoms with van der Waals surface area (Å²) in [6.45, 7) is 12.0. The number of hydrogen-bond donors (Lipinski definition) is 1. The van der Waals surface area contributed by atoms with Crippen LogP contribution in [0.2, 0.25) is 0 Å². The van der Waals surface area contributed by atoms with Gasteiger partial charge in [0.15, 0.2) is 0 Å². The molecule has 17 heavy (non-hydrogen) atoms. The lowest BCUT2D eigenvalue weighted by atomic mass is 10.0. The van der Waals surface area contributed by atoms with Crippen LogP contribution in [0, 0.1) is 0 Å². The van der Waals surface area contributed by atoms with Crippen LogP contribution in [-0.4, -0.2) is 30.6 Å². The Hall–Kier alpha value is -0.860. The molecular formula is C15H26N2. The maximum absolute atomic E-state index is 3.43. The van der Waals surface area contributed by atoms with E-state index in [2.05, 4.69) is 54.4 Å². The van der Waals surface area contributed by atoms with Gasteiger partial charge in [0.25, 0.3) is 0 Å². The van der Waals surface area contributed by atoms with E-state index in [1.807, 2.05) is 13.8 Å². The summed E-state index contributed by atoms with van der Waals surface area (Å²) in [6, 6.07) is 11.9. The van der Waals surface area contributed by atoms with Gasteiger partial charge in [0.05, 0.1) is 0 Å². The number of benzene rings is 1. The average Bonchev–Trinajstić information content (AvgIpc) is 2.42. The van der Waals surface area contributed by atoms with Crippen LogP contribution in [0.25, 0.3) is 0 Å². The third-order valence-electron chi connectivity index (χ3n) is 3.33. The first-order valence-electron chi connectivity index (χ1n) is 6.80. The Kier molecular flexibility index (Phi) is 6.23. The summed E-state index contributed by atoms with van der Waals surface area (Å²) in [6.07, 6.45) is 0. The number of piperazine rings is 1. The molecule has 0 radical (unpaired) electrons. The van der Waals surface area contributed by atoms with Crippen molar-refractivity contribution in [1.29, 1.82) is 0 Å². The number of rotatable bonds is 2. The summed E-state index contributed by atoms with van der Waals surface area (Å²) in [7, 11) is 0. The third-order valence-corrected chi connectivity index (χ3v) is 3.33. The van der Waals surface area contributed by atoms with Gasteiger partial charge in [-0.05, 0) is 19.4 Å². The molecule has 1 N–H and O–H groups in total. The third kappa shape index (κ3) is 3.83. The summed E-state index contributed by atoms with van der Waals surface area (Å²) < 4.78 is 0. The van der Waals surface area contributed by atoms with E-state index in [1.54, 1.807) is 0 Å². The predicted molar refractivity (Wildman–Crippen MR) is 75.2 cm³/mol. The molecule has 2 heteroatoms. The molecule has 0 unspecified atom stereocenters. The maximum Gasteiger partial charge on any atom is 0.0323 e. The summed E-state index contributed by atoms with van der Waals surface area (Å²) in [5.74, 6) is 0. The van der Waals surface area contributed by atoms with Crippen molar-refractivity contribution in [3.05, 3.63) is 35.9 Å². The zero-order valence-electron chi connectivity index (χ0n) is 11.6. The average molecular weight is 234 g/mol. The minimum Gasteiger partial charge on any atom is -0.314 e. The van der Waals surface area contributed by atoms with Gasteiger partial charge in [-0.1, -0.05) is 44.2 Å². The molecule has 96 valence electrons. The first-order valence-corrected chi connectivity index (χ1v) is 6.80. The zero-order valence-corrected chi connectivity index (χ0v) is 11.6. The molecule has 0 spiro atoms.